The number of benzene rings is 1. The van der Waals surface area contributed by atoms with E-state index in [1.165, 1.54) is 6.08 Å². The zero-order valence-corrected chi connectivity index (χ0v) is 8.53. The number of rotatable bonds is 1. The van der Waals surface area contributed by atoms with Crippen molar-refractivity contribution in [2.24, 2.45) is 5.16 Å². The molecule has 0 fully saturated rings. The lowest BCUT2D eigenvalue weighted by atomic mass is 10.2. The molecule has 1 aromatic rings. The third kappa shape index (κ3) is 2.64. The fraction of sp³-hybridized carbons (Fsp3) is 0. The van der Waals surface area contributed by atoms with E-state index in [4.69, 9.17) is 40.0 Å². The molecule has 0 heterocycles. The van der Waals surface area contributed by atoms with E-state index in [2.05, 4.69) is 11.0 Å². The molecule has 0 bridgehead atoms. The maximum absolute atomic E-state index is 8.13. The Morgan fingerprint density at radius 1 is 1.23 bits per heavy atom. The molecule has 0 unspecified atom stereocenters. The molecule has 5 heteroatoms. The lowest BCUT2D eigenvalue weighted by Gasteiger charge is -2.00. The van der Waals surface area contributed by atoms with Crippen molar-refractivity contribution in [1.82, 2.24) is 0 Å². The molecule has 0 aromatic heterocycles. The third-order valence-electron chi connectivity index (χ3n) is 1.31. The van der Waals surface area contributed by atoms with E-state index >= 15 is 0 Å². The standard InChI is InChI=1S/C8H4Cl3NO/c9-5-3-7(10)6(1-2-12-13)8(11)4-5/h1,3-4,13H. The first-order valence-electron chi connectivity index (χ1n) is 3.22. The summed E-state index contributed by atoms with van der Waals surface area (Å²) < 4.78 is 0. The lowest BCUT2D eigenvalue weighted by molar-refractivity contribution is 0.323. The van der Waals surface area contributed by atoms with E-state index in [-0.39, 0.29) is 0 Å². The number of nitrogens with zero attached hydrogens (tertiary/aromatic N) is 1. The largest absolute Gasteiger partial charge is 0.404 e. The van der Waals surface area contributed by atoms with E-state index < -0.39 is 0 Å². The van der Waals surface area contributed by atoms with Gasteiger partial charge in [0.25, 0.3) is 0 Å². The van der Waals surface area contributed by atoms with Crippen LogP contribution < -0.4 is 0 Å². The second-order valence-electron chi connectivity index (χ2n) is 2.16. The Bertz CT molecular complexity index is 360. The zero-order chi connectivity index (χ0) is 9.84. The quantitative estimate of drug-likeness (QED) is 0.450. The van der Waals surface area contributed by atoms with Gasteiger partial charge in [-0.1, -0.05) is 34.8 Å². The highest BCUT2D eigenvalue weighted by atomic mass is 35.5. The highest BCUT2D eigenvalue weighted by Gasteiger charge is 2.04. The van der Waals surface area contributed by atoms with Crippen molar-refractivity contribution in [3.8, 4) is 0 Å². The number of hydrogen-bond acceptors (Lipinski definition) is 2. The minimum absolute atomic E-state index is 0.383. The van der Waals surface area contributed by atoms with Gasteiger partial charge in [0.15, 0.2) is 0 Å². The van der Waals surface area contributed by atoms with Crippen LogP contribution in [0.25, 0.3) is 6.08 Å². The van der Waals surface area contributed by atoms with Crippen molar-refractivity contribution in [1.29, 1.82) is 0 Å². The van der Waals surface area contributed by atoms with E-state index in [0.717, 1.165) is 0 Å². The van der Waals surface area contributed by atoms with Crippen LogP contribution in [0.15, 0.2) is 17.3 Å². The molecule has 0 atom stereocenters. The average molecular weight is 236 g/mol. The van der Waals surface area contributed by atoms with Crippen LogP contribution in [0.2, 0.25) is 15.1 Å². The van der Waals surface area contributed by atoms with Crippen molar-refractivity contribution in [3.63, 3.8) is 0 Å². The van der Waals surface area contributed by atoms with Gasteiger partial charge >= 0.3 is 0 Å². The van der Waals surface area contributed by atoms with Gasteiger partial charge in [-0.25, -0.2) is 0 Å². The van der Waals surface area contributed by atoms with Crippen LogP contribution in [0.1, 0.15) is 5.56 Å². The van der Waals surface area contributed by atoms with Crippen LogP contribution in [0, 0.1) is 0 Å². The van der Waals surface area contributed by atoms with Crippen molar-refractivity contribution in [2.75, 3.05) is 0 Å². The summed E-state index contributed by atoms with van der Waals surface area (Å²) in [4.78, 5) is 0. The third-order valence-corrected chi connectivity index (χ3v) is 2.15. The van der Waals surface area contributed by atoms with Crippen LogP contribution in [0.5, 0.6) is 0 Å². The van der Waals surface area contributed by atoms with Crippen LogP contribution in [-0.2, 0) is 0 Å². The first kappa shape index (κ1) is 10.4. The molecule has 1 rings (SSSR count). The van der Waals surface area contributed by atoms with Crippen molar-refractivity contribution in [3.05, 3.63) is 32.8 Å². The summed E-state index contributed by atoms with van der Waals surface area (Å²) in [6, 6.07) is 3.08. The molecule has 0 spiro atoms. The molecule has 1 aromatic carbocycles. The molecule has 13 heavy (non-hydrogen) atoms. The zero-order valence-electron chi connectivity index (χ0n) is 6.26. The van der Waals surface area contributed by atoms with Crippen molar-refractivity contribution >= 4 is 46.7 Å². The van der Waals surface area contributed by atoms with Gasteiger partial charge < -0.3 is 5.21 Å². The minimum atomic E-state index is 0.383. The normalized spacial score (nSPS) is 9.15. The minimum Gasteiger partial charge on any atom is -0.404 e. The molecule has 0 saturated heterocycles. The second-order valence-corrected chi connectivity index (χ2v) is 3.41. The van der Waals surface area contributed by atoms with Gasteiger partial charge in [-0.2, -0.15) is 0 Å². The highest BCUT2D eigenvalue weighted by Crippen LogP contribution is 2.29. The Morgan fingerprint density at radius 2 is 1.77 bits per heavy atom. The summed E-state index contributed by atoms with van der Waals surface area (Å²) in [7, 11) is 0. The summed E-state index contributed by atoms with van der Waals surface area (Å²) in [6.45, 7) is 0. The Morgan fingerprint density at radius 3 is 2.23 bits per heavy atom. The predicted octanol–water partition coefficient (Wildman–Crippen LogP) is 3.72. The monoisotopic (exact) mass is 235 g/mol. The Labute approximate surface area is 90.0 Å². The Kier molecular flexibility index (Phi) is 3.64. The lowest BCUT2D eigenvalue weighted by Crippen LogP contribution is -1.78. The molecular weight excluding hydrogens is 232 g/mol. The second kappa shape index (κ2) is 4.54. The fourth-order valence-electron chi connectivity index (χ4n) is 0.785. The maximum atomic E-state index is 8.13. The fourth-order valence-corrected chi connectivity index (χ4v) is 1.71. The van der Waals surface area contributed by atoms with Gasteiger partial charge in [-0.3, -0.25) is 0 Å². The van der Waals surface area contributed by atoms with Crippen LogP contribution in [0.3, 0.4) is 0 Å². The molecule has 0 saturated carbocycles. The van der Waals surface area contributed by atoms with Gasteiger partial charge in [-0.05, 0) is 17.3 Å². The van der Waals surface area contributed by atoms with Gasteiger partial charge in [0.1, 0.15) is 0 Å². The predicted molar refractivity (Wildman–Crippen MR) is 55.2 cm³/mol. The Hall–Kier alpha value is -0.660. The van der Waals surface area contributed by atoms with Gasteiger partial charge in [0, 0.05) is 22.5 Å². The van der Waals surface area contributed by atoms with Gasteiger partial charge in [-0.15, -0.1) is 0 Å². The summed E-state index contributed by atoms with van der Waals surface area (Å²) in [5, 5.41) is 12.0. The van der Waals surface area contributed by atoms with Crippen molar-refractivity contribution in [2.45, 2.75) is 0 Å². The molecule has 0 aliphatic heterocycles. The summed E-state index contributed by atoms with van der Waals surface area (Å²) in [5.41, 5.74) is 0.519. The molecule has 0 aliphatic rings. The summed E-state index contributed by atoms with van der Waals surface area (Å²) in [6.07, 6.45) is 1.36. The SMILES string of the molecule is ON=C=Cc1c(Cl)cc(Cl)cc1Cl. The molecule has 0 amide bonds. The summed E-state index contributed by atoms with van der Waals surface area (Å²) in [5.74, 6) is 2.21. The van der Waals surface area contributed by atoms with Crippen LogP contribution >= 0.6 is 34.8 Å². The van der Waals surface area contributed by atoms with Crippen LogP contribution in [0.4, 0.5) is 0 Å². The maximum Gasteiger partial charge on any atom is 0.0514 e. The first-order chi connectivity index (χ1) is 6.15. The smallest absolute Gasteiger partial charge is 0.0514 e. The average Bonchev–Trinajstić information content (AvgIpc) is 2.02. The van der Waals surface area contributed by atoms with E-state index in [0.29, 0.717) is 20.6 Å². The Balaban J connectivity index is 3.29. The highest BCUT2D eigenvalue weighted by molar-refractivity contribution is 6.40. The van der Waals surface area contributed by atoms with Gasteiger partial charge in [0.2, 0.25) is 0 Å². The topological polar surface area (TPSA) is 32.6 Å². The number of halogens is 3. The van der Waals surface area contributed by atoms with Crippen molar-refractivity contribution < 1.29 is 5.21 Å². The van der Waals surface area contributed by atoms with E-state index in [1.54, 1.807) is 12.1 Å². The number of hydrogen-bond donors (Lipinski definition) is 1. The molecule has 2 nitrogen and oxygen atoms in total. The van der Waals surface area contributed by atoms with Gasteiger partial charge in [0.05, 0.1) is 10.0 Å². The molecule has 1 N–H and O–H groups in total. The van der Waals surface area contributed by atoms with Crippen LogP contribution in [-0.4, -0.2) is 11.1 Å². The molecular formula is C8H4Cl3NO. The van der Waals surface area contributed by atoms with E-state index in [1.807, 2.05) is 0 Å². The first-order valence-corrected chi connectivity index (χ1v) is 4.36. The molecule has 68 valence electrons. The molecule has 0 aliphatic carbocycles. The summed E-state index contributed by atoms with van der Waals surface area (Å²) >= 11 is 17.3. The molecule has 0 radical (unpaired) electrons. The van der Waals surface area contributed by atoms with E-state index in [9.17, 15) is 0 Å².